The van der Waals surface area contributed by atoms with E-state index in [0.29, 0.717) is 27.9 Å². The molecule has 168 valence electrons. The first-order chi connectivity index (χ1) is 16.4. The van der Waals surface area contributed by atoms with Crippen LogP contribution in [0.3, 0.4) is 0 Å². The summed E-state index contributed by atoms with van der Waals surface area (Å²) < 4.78 is 14.3. The number of halogens is 2. The van der Waals surface area contributed by atoms with Crippen LogP contribution in [0, 0.1) is 17.3 Å². The summed E-state index contributed by atoms with van der Waals surface area (Å²) in [7, 11) is 0. The number of hydrogen-bond donors (Lipinski definition) is 2. The van der Waals surface area contributed by atoms with Crippen LogP contribution < -0.4 is 0 Å². The van der Waals surface area contributed by atoms with Crippen molar-refractivity contribution in [3.63, 3.8) is 0 Å². The third-order valence-corrected chi connectivity index (χ3v) is 5.73. The topological polar surface area (TPSA) is 89.8 Å². The Morgan fingerprint density at radius 1 is 1.15 bits per heavy atom. The van der Waals surface area contributed by atoms with Gasteiger partial charge in [0.1, 0.15) is 0 Å². The van der Waals surface area contributed by atoms with Crippen molar-refractivity contribution < 1.29 is 14.3 Å². The third kappa shape index (κ3) is 4.61. The van der Waals surface area contributed by atoms with Gasteiger partial charge in [-0.2, -0.15) is 14.8 Å². The fourth-order valence-electron chi connectivity index (χ4n) is 3.95. The van der Waals surface area contributed by atoms with E-state index in [2.05, 4.69) is 16.3 Å². The van der Waals surface area contributed by atoms with E-state index in [9.17, 15) is 14.4 Å². The molecule has 0 atom stereocenters. The number of benzene rings is 3. The van der Waals surface area contributed by atoms with E-state index >= 15 is 0 Å². The van der Waals surface area contributed by atoms with Crippen LogP contribution >= 0.6 is 11.6 Å². The monoisotopic (exact) mass is 471 g/mol. The molecule has 0 aliphatic rings. The normalized spacial score (nSPS) is 12.1. The minimum atomic E-state index is -1.03. The van der Waals surface area contributed by atoms with Gasteiger partial charge in [0.15, 0.2) is 0 Å². The van der Waals surface area contributed by atoms with Crippen LogP contribution in [0.2, 0.25) is 5.02 Å². The van der Waals surface area contributed by atoms with E-state index in [4.69, 9.17) is 16.7 Å². The minimum absolute atomic E-state index is 0.364. The molecule has 0 aliphatic carbocycles. The van der Waals surface area contributed by atoms with Crippen molar-refractivity contribution in [1.82, 2.24) is 10.2 Å². The number of hydrogen-bond acceptors (Lipinski definition) is 3. The maximum atomic E-state index is 14.3. The number of aromatic amines is 1. The number of nitrogens with zero attached hydrogens (tertiary/aromatic N) is 2. The SMILES string of the molecule is CCC(=C(c1ccc(/C=C/C(=O)O)cc1)c1ccc2n[nH]c(F)c2c1)c1ccc(Cl)cc1C#N. The molecule has 1 heterocycles. The van der Waals surface area contributed by atoms with Crippen molar-refractivity contribution in [2.24, 2.45) is 0 Å². The molecule has 3 aromatic carbocycles. The molecule has 0 saturated carbocycles. The zero-order valence-electron chi connectivity index (χ0n) is 18.1. The van der Waals surface area contributed by atoms with Gasteiger partial charge in [-0.1, -0.05) is 54.9 Å². The fraction of sp³-hybridized carbons (Fsp3) is 0.0741. The molecule has 0 bridgehead atoms. The van der Waals surface area contributed by atoms with Gasteiger partial charge in [0.05, 0.1) is 22.5 Å². The van der Waals surface area contributed by atoms with Crippen molar-refractivity contribution in [3.8, 4) is 6.07 Å². The highest BCUT2D eigenvalue weighted by Gasteiger charge is 2.17. The van der Waals surface area contributed by atoms with E-state index in [1.807, 2.05) is 43.3 Å². The number of rotatable bonds is 6. The van der Waals surface area contributed by atoms with Crippen molar-refractivity contribution >= 4 is 45.7 Å². The Morgan fingerprint density at radius 2 is 1.88 bits per heavy atom. The molecule has 1 aromatic heterocycles. The van der Waals surface area contributed by atoms with E-state index in [1.54, 1.807) is 24.3 Å². The molecule has 0 radical (unpaired) electrons. The first-order valence-corrected chi connectivity index (χ1v) is 10.9. The van der Waals surface area contributed by atoms with Gasteiger partial charge in [0.2, 0.25) is 5.95 Å². The Hall–Kier alpha value is -4.21. The lowest BCUT2D eigenvalue weighted by Crippen LogP contribution is -1.98. The van der Waals surface area contributed by atoms with Gasteiger partial charge in [0.25, 0.3) is 0 Å². The molecular formula is C27H19ClFN3O2. The van der Waals surface area contributed by atoms with Crippen LogP contribution in [0.1, 0.15) is 41.2 Å². The van der Waals surface area contributed by atoms with Crippen molar-refractivity contribution in [2.75, 3.05) is 0 Å². The molecule has 0 amide bonds. The lowest BCUT2D eigenvalue weighted by atomic mass is 9.86. The highest BCUT2D eigenvalue weighted by atomic mass is 35.5. The second-order valence-electron chi connectivity index (χ2n) is 7.57. The van der Waals surface area contributed by atoms with E-state index in [0.717, 1.165) is 39.5 Å². The molecule has 0 spiro atoms. The number of aliphatic carboxylic acids is 1. The molecule has 5 nitrogen and oxygen atoms in total. The Balaban J connectivity index is 1.98. The molecule has 0 unspecified atom stereocenters. The molecule has 4 aromatic rings. The number of nitrogens with one attached hydrogen (secondary N) is 1. The Bertz CT molecular complexity index is 1490. The molecule has 7 heteroatoms. The van der Waals surface area contributed by atoms with Crippen molar-refractivity contribution in [3.05, 3.63) is 106 Å². The van der Waals surface area contributed by atoms with Gasteiger partial charge >= 0.3 is 5.97 Å². The zero-order valence-corrected chi connectivity index (χ0v) is 18.9. The lowest BCUT2D eigenvalue weighted by molar-refractivity contribution is -0.131. The summed E-state index contributed by atoms with van der Waals surface area (Å²) >= 11 is 6.13. The standard InChI is InChI=1S/C27H19ClFN3O2/c1-2-21(22-10-9-20(28)13-19(22)15-30)26(17-6-3-16(4-7-17)5-12-25(33)34)18-8-11-24-23(14-18)27(29)32-31-24/h3-14H,2H2,1H3,(H,31,32)(H,33,34)/b12-5+,26-21?. The average Bonchev–Trinajstić information content (AvgIpc) is 3.21. The van der Waals surface area contributed by atoms with Crippen LogP contribution in [0.4, 0.5) is 4.39 Å². The van der Waals surface area contributed by atoms with Gasteiger partial charge in [-0.05, 0) is 70.2 Å². The highest BCUT2D eigenvalue weighted by Crippen LogP contribution is 2.37. The summed E-state index contributed by atoms with van der Waals surface area (Å²) in [5.41, 5.74) is 5.75. The van der Waals surface area contributed by atoms with Crippen molar-refractivity contribution in [2.45, 2.75) is 13.3 Å². The molecular weight excluding hydrogens is 453 g/mol. The third-order valence-electron chi connectivity index (χ3n) is 5.50. The number of fused-ring (bicyclic) bond motifs is 1. The van der Waals surface area contributed by atoms with Crippen molar-refractivity contribution in [1.29, 1.82) is 5.26 Å². The van der Waals surface area contributed by atoms with Crippen LogP contribution in [0.5, 0.6) is 0 Å². The predicted molar refractivity (Wildman–Crippen MR) is 132 cm³/mol. The van der Waals surface area contributed by atoms with E-state index in [1.165, 1.54) is 6.08 Å². The summed E-state index contributed by atoms with van der Waals surface area (Å²) in [6.07, 6.45) is 3.18. The molecule has 0 aliphatic heterocycles. The lowest BCUT2D eigenvalue weighted by Gasteiger charge is -2.18. The maximum Gasteiger partial charge on any atom is 0.328 e. The first-order valence-electron chi connectivity index (χ1n) is 10.5. The number of aromatic nitrogens is 2. The second-order valence-corrected chi connectivity index (χ2v) is 8.01. The van der Waals surface area contributed by atoms with Crippen LogP contribution in [0.15, 0.2) is 66.7 Å². The summed E-state index contributed by atoms with van der Waals surface area (Å²) in [4.78, 5) is 10.8. The van der Waals surface area contributed by atoms with Gasteiger partial charge in [-0.15, -0.1) is 0 Å². The van der Waals surface area contributed by atoms with E-state index in [-0.39, 0.29) is 0 Å². The number of carboxylic acids is 1. The number of nitriles is 1. The van der Waals surface area contributed by atoms with E-state index < -0.39 is 11.9 Å². The van der Waals surface area contributed by atoms with Crippen LogP contribution in [-0.2, 0) is 4.79 Å². The summed E-state index contributed by atoms with van der Waals surface area (Å²) in [6, 6.07) is 20.1. The fourth-order valence-corrected chi connectivity index (χ4v) is 4.12. The molecule has 0 saturated heterocycles. The largest absolute Gasteiger partial charge is 0.478 e. The smallest absolute Gasteiger partial charge is 0.328 e. The number of allylic oxidation sites excluding steroid dienone is 1. The predicted octanol–water partition coefficient (Wildman–Crippen LogP) is 6.69. The summed E-state index contributed by atoms with van der Waals surface area (Å²) in [6.45, 7) is 1.99. The molecule has 0 fully saturated rings. The summed E-state index contributed by atoms with van der Waals surface area (Å²) in [5, 5.41) is 25.8. The van der Waals surface area contributed by atoms with Gasteiger partial charge in [-0.3, -0.25) is 5.10 Å². The average molecular weight is 472 g/mol. The quantitative estimate of drug-likeness (QED) is 0.242. The van der Waals surface area contributed by atoms with Gasteiger partial charge in [-0.25, -0.2) is 4.79 Å². The zero-order chi connectivity index (χ0) is 24.2. The first kappa shape index (κ1) is 23.0. The number of carboxylic acid groups (broad SMARTS) is 1. The highest BCUT2D eigenvalue weighted by molar-refractivity contribution is 6.30. The number of H-pyrrole nitrogens is 1. The molecule has 34 heavy (non-hydrogen) atoms. The molecule has 2 N–H and O–H groups in total. The van der Waals surface area contributed by atoms with Gasteiger partial charge < -0.3 is 5.11 Å². The second kappa shape index (κ2) is 9.74. The minimum Gasteiger partial charge on any atom is -0.478 e. The summed E-state index contributed by atoms with van der Waals surface area (Å²) in [5.74, 6) is -1.55. The van der Waals surface area contributed by atoms with Gasteiger partial charge in [0, 0.05) is 11.1 Å². The van der Waals surface area contributed by atoms with Crippen LogP contribution in [-0.4, -0.2) is 21.3 Å². The number of carbonyl (C=O) groups is 1. The maximum absolute atomic E-state index is 14.3. The Kier molecular flexibility index (Phi) is 6.58. The van der Waals surface area contributed by atoms with Crippen LogP contribution in [0.25, 0.3) is 28.1 Å². The molecule has 4 rings (SSSR count). The Morgan fingerprint density at radius 3 is 2.56 bits per heavy atom. The Labute approximate surface area is 200 Å².